The van der Waals surface area contributed by atoms with Gasteiger partial charge in [0.05, 0.1) is 5.92 Å². The SMILES string of the molecule is O=C(NCC(C(=O)O)c1ccccc1)c1c[nH]ccc1=O. The van der Waals surface area contributed by atoms with Crippen molar-refractivity contribution in [2.24, 2.45) is 0 Å². The first-order valence-electron chi connectivity index (χ1n) is 6.32. The first-order chi connectivity index (χ1) is 10.1. The van der Waals surface area contributed by atoms with Crippen LogP contribution in [0.4, 0.5) is 0 Å². The first-order valence-corrected chi connectivity index (χ1v) is 6.32. The first kappa shape index (κ1) is 14.5. The number of pyridine rings is 1. The molecule has 1 atom stereocenters. The standard InChI is InChI=1S/C15H14N2O4/c18-13-6-7-16-8-12(13)14(19)17-9-11(15(20)21)10-4-2-1-3-5-10/h1-8,11H,9H2,(H,16,18)(H,17,19)(H,20,21). The molecule has 1 heterocycles. The van der Waals surface area contributed by atoms with Gasteiger partial charge in [0.25, 0.3) is 5.91 Å². The summed E-state index contributed by atoms with van der Waals surface area (Å²) >= 11 is 0. The minimum absolute atomic E-state index is 0.0466. The molecule has 3 N–H and O–H groups in total. The highest BCUT2D eigenvalue weighted by Gasteiger charge is 2.21. The lowest BCUT2D eigenvalue weighted by Crippen LogP contribution is -2.34. The molecule has 0 bridgehead atoms. The largest absolute Gasteiger partial charge is 0.481 e. The van der Waals surface area contributed by atoms with Crippen LogP contribution in [0.3, 0.4) is 0 Å². The van der Waals surface area contributed by atoms with E-state index in [1.54, 1.807) is 30.3 Å². The summed E-state index contributed by atoms with van der Waals surface area (Å²) in [6, 6.07) is 9.84. The molecule has 1 aromatic carbocycles. The van der Waals surface area contributed by atoms with Gasteiger partial charge < -0.3 is 15.4 Å². The fraction of sp³-hybridized carbons (Fsp3) is 0.133. The number of benzene rings is 1. The van der Waals surface area contributed by atoms with Crippen molar-refractivity contribution in [3.05, 3.63) is 70.1 Å². The summed E-state index contributed by atoms with van der Waals surface area (Å²) in [5, 5.41) is 11.7. The molecule has 6 nitrogen and oxygen atoms in total. The van der Waals surface area contributed by atoms with Crippen molar-refractivity contribution >= 4 is 11.9 Å². The van der Waals surface area contributed by atoms with Crippen molar-refractivity contribution in [2.45, 2.75) is 5.92 Å². The predicted molar refractivity (Wildman–Crippen MR) is 76.2 cm³/mol. The van der Waals surface area contributed by atoms with Gasteiger partial charge in [-0.3, -0.25) is 14.4 Å². The number of amides is 1. The van der Waals surface area contributed by atoms with E-state index < -0.39 is 23.2 Å². The summed E-state index contributed by atoms with van der Waals surface area (Å²) in [7, 11) is 0. The smallest absolute Gasteiger partial charge is 0.312 e. The molecule has 1 aromatic heterocycles. The lowest BCUT2D eigenvalue weighted by Gasteiger charge is -2.13. The Morgan fingerprint density at radius 2 is 1.90 bits per heavy atom. The molecule has 6 heteroatoms. The second-order valence-corrected chi connectivity index (χ2v) is 4.43. The van der Waals surface area contributed by atoms with Gasteiger partial charge in [-0.1, -0.05) is 30.3 Å². The van der Waals surface area contributed by atoms with Gasteiger partial charge in [0, 0.05) is 25.0 Å². The number of hydrogen-bond acceptors (Lipinski definition) is 3. The number of aromatic amines is 1. The maximum Gasteiger partial charge on any atom is 0.312 e. The fourth-order valence-corrected chi connectivity index (χ4v) is 1.92. The van der Waals surface area contributed by atoms with Gasteiger partial charge in [0.15, 0.2) is 5.43 Å². The van der Waals surface area contributed by atoms with Crippen molar-refractivity contribution in [1.82, 2.24) is 10.3 Å². The van der Waals surface area contributed by atoms with Crippen molar-refractivity contribution in [1.29, 1.82) is 0 Å². The van der Waals surface area contributed by atoms with E-state index in [2.05, 4.69) is 10.3 Å². The van der Waals surface area contributed by atoms with Crippen LogP contribution in [0.1, 0.15) is 21.8 Å². The van der Waals surface area contributed by atoms with Gasteiger partial charge >= 0.3 is 5.97 Å². The van der Waals surface area contributed by atoms with Crippen molar-refractivity contribution < 1.29 is 14.7 Å². The molecule has 2 aromatic rings. The maximum atomic E-state index is 11.9. The number of rotatable bonds is 5. The quantitative estimate of drug-likeness (QED) is 0.762. The Kier molecular flexibility index (Phi) is 4.50. The zero-order valence-electron chi connectivity index (χ0n) is 11.1. The van der Waals surface area contributed by atoms with Crippen LogP contribution in [0.25, 0.3) is 0 Å². The van der Waals surface area contributed by atoms with E-state index in [9.17, 15) is 19.5 Å². The van der Waals surface area contributed by atoms with Gasteiger partial charge in [-0.25, -0.2) is 0 Å². The van der Waals surface area contributed by atoms with Crippen molar-refractivity contribution in [3.63, 3.8) is 0 Å². The highest BCUT2D eigenvalue weighted by atomic mass is 16.4. The molecule has 0 aliphatic heterocycles. The monoisotopic (exact) mass is 286 g/mol. The number of aliphatic carboxylic acids is 1. The molecular weight excluding hydrogens is 272 g/mol. The number of hydrogen-bond donors (Lipinski definition) is 3. The van der Waals surface area contributed by atoms with E-state index in [-0.39, 0.29) is 12.1 Å². The highest BCUT2D eigenvalue weighted by Crippen LogP contribution is 2.14. The zero-order valence-corrected chi connectivity index (χ0v) is 11.1. The van der Waals surface area contributed by atoms with E-state index in [4.69, 9.17) is 0 Å². The van der Waals surface area contributed by atoms with E-state index >= 15 is 0 Å². The minimum atomic E-state index is -1.04. The molecule has 1 amide bonds. The molecule has 0 radical (unpaired) electrons. The topological polar surface area (TPSA) is 99.3 Å². The van der Waals surface area contributed by atoms with Crippen LogP contribution in [0.2, 0.25) is 0 Å². The van der Waals surface area contributed by atoms with Crippen LogP contribution >= 0.6 is 0 Å². The third kappa shape index (κ3) is 3.56. The summed E-state index contributed by atoms with van der Waals surface area (Å²) in [5.74, 6) is -2.50. The molecule has 0 aliphatic rings. The number of carbonyl (C=O) groups is 2. The molecular formula is C15H14N2O4. The molecule has 21 heavy (non-hydrogen) atoms. The average molecular weight is 286 g/mol. The van der Waals surface area contributed by atoms with Crippen molar-refractivity contribution in [3.8, 4) is 0 Å². The van der Waals surface area contributed by atoms with Crippen LogP contribution in [0.5, 0.6) is 0 Å². The van der Waals surface area contributed by atoms with Gasteiger partial charge in [0.1, 0.15) is 5.56 Å². The van der Waals surface area contributed by atoms with E-state index in [0.717, 1.165) is 0 Å². The lowest BCUT2D eigenvalue weighted by molar-refractivity contribution is -0.138. The van der Waals surface area contributed by atoms with Crippen LogP contribution in [-0.2, 0) is 4.79 Å². The average Bonchev–Trinajstić information content (AvgIpc) is 2.48. The molecule has 0 aliphatic carbocycles. The van der Waals surface area contributed by atoms with Crippen LogP contribution in [0, 0.1) is 0 Å². The number of carbonyl (C=O) groups excluding carboxylic acids is 1. The van der Waals surface area contributed by atoms with Gasteiger partial charge in [-0.05, 0) is 5.56 Å². The molecule has 1 unspecified atom stereocenters. The van der Waals surface area contributed by atoms with E-state index in [0.29, 0.717) is 5.56 Å². The minimum Gasteiger partial charge on any atom is -0.481 e. The molecule has 2 rings (SSSR count). The molecule has 0 saturated heterocycles. The Morgan fingerprint density at radius 3 is 2.52 bits per heavy atom. The van der Waals surface area contributed by atoms with Gasteiger partial charge in [-0.15, -0.1) is 0 Å². The van der Waals surface area contributed by atoms with Gasteiger partial charge in [0.2, 0.25) is 0 Å². The summed E-state index contributed by atoms with van der Waals surface area (Å²) in [6.07, 6.45) is 2.71. The Labute approximate surface area is 120 Å². The summed E-state index contributed by atoms with van der Waals surface area (Å²) in [4.78, 5) is 37.4. The van der Waals surface area contributed by atoms with Crippen LogP contribution in [0.15, 0.2) is 53.6 Å². The zero-order chi connectivity index (χ0) is 15.2. The molecule has 0 saturated carbocycles. The summed E-state index contributed by atoms with van der Waals surface area (Å²) in [5.41, 5.74) is 0.125. The Morgan fingerprint density at radius 1 is 1.19 bits per heavy atom. The Bertz CT molecular complexity index is 694. The number of carboxylic acids is 1. The number of nitrogens with one attached hydrogen (secondary N) is 2. The van der Waals surface area contributed by atoms with Crippen molar-refractivity contribution in [2.75, 3.05) is 6.54 Å². The molecule has 108 valence electrons. The Hall–Kier alpha value is -2.89. The fourth-order valence-electron chi connectivity index (χ4n) is 1.92. The number of carboxylic acid groups (broad SMARTS) is 1. The summed E-state index contributed by atoms with van der Waals surface area (Å²) in [6.45, 7) is -0.0908. The predicted octanol–water partition coefficient (Wildman–Crippen LogP) is 0.973. The molecule has 0 fully saturated rings. The third-order valence-corrected chi connectivity index (χ3v) is 3.04. The highest BCUT2D eigenvalue weighted by molar-refractivity contribution is 5.94. The van der Waals surface area contributed by atoms with Crippen LogP contribution in [-0.4, -0.2) is 28.5 Å². The lowest BCUT2D eigenvalue weighted by atomic mass is 9.99. The number of H-pyrrole nitrogens is 1. The maximum absolute atomic E-state index is 11.9. The number of aromatic nitrogens is 1. The summed E-state index contributed by atoms with van der Waals surface area (Å²) < 4.78 is 0. The van der Waals surface area contributed by atoms with E-state index in [1.807, 2.05) is 0 Å². The third-order valence-electron chi connectivity index (χ3n) is 3.04. The van der Waals surface area contributed by atoms with Gasteiger partial charge in [-0.2, -0.15) is 0 Å². The van der Waals surface area contributed by atoms with E-state index in [1.165, 1.54) is 18.5 Å². The normalized spacial score (nSPS) is 11.6. The molecule has 0 spiro atoms. The van der Waals surface area contributed by atoms with Crippen LogP contribution < -0.4 is 10.7 Å². The Balaban J connectivity index is 2.10. The second kappa shape index (κ2) is 6.51. The second-order valence-electron chi connectivity index (χ2n) is 4.43.